The minimum Gasteiger partial charge on any atom is -0.350 e. The largest absolute Gasteiger partial charge is 0.350 e. The van der Waals surface area contributed by atoms with Crippen molar-refractivity contribution in [1.82, 2.24) is 19.6 Å². The highest BCUT2D eigenvalue weighted by molar-refractivity contribution is 5.93. The standard InChI is InChI=1S/C31H44N4O2/c1-6-17-34(24(4)5)18-11-14-28(36)20-27-22-35-29(15-10-16-30(35)33-27)31(37)32-21-26(19-23(2)3)25-12-8-7-9-13-25/h7-10,12-13,15-16,22-24,26H,6,11,14,17-21H2,1-5H3,(H,32,37). The number of pyridine rings is 1. The highest BCUT2D eigenvalue weighted by Gasteiger charge is 2.18. The van der Waals surface area contributed by atoms with Crippen LogP contribution in [-0.2, 0) is 11.2 Å². The number of nitrogens with one attached hydrogen (secondary N) is 1. The third-order valence-corrected chi connectivity index (χ3v) is 6.83. The maximum Gasteiger partial charge on any atom is 0.268 e. The van der Waals surface area contributed by atoms with Gasteiger partial charge < -0.3 is 10.2 Å². The number of aromatic nitrogens is 2. The van der Waals surface area contributed by atoms with E-state index < -0.39 is 0 Å². The molecule has 2 heterocycles. The van der Waals surface area contributed by atoms with Crippen LogP contribution in [0.3, 0.4) is 0 Å². The van der Waals surface area contributed by atoms with Gasteiger partial charge in [0.2, 0.25) is 0 Å². The number of ketones is 1. The minimum absolute atomic E-state index is 0.129. The highest BCUT2D eigenvalue weighted by atomic mass is 16.2. The second-order valence-electron chi connectivity index (χ2n) is 10.8. The lowest BCUT2D eigenvalue weighted by Crippen LogP contribution is -2.32. The van der Waals surface area contributed by atoms with E-state index in [4.69, 9.17) is 0 Å². The fourth-order valence-electron chi connectivity index (χ4n) is 4.95. The molecule has 0 aliphatic heterocycles. The van der Waals surface area contributed by atoms with Crippen LogP contribution in [0.15, 0.2) is 54.7 Å². The lowest BCUT2D eigenvalue weighted by atomic mass is 9.90. The summed E-state index contributed by atoms with van der Waals surface area (Å²) in [4.78, 5) is 32.9. The Morgan fingerprint density at radius 3 is 2.43 bits per heavy atom. The Bertz CT molecular complexity index is 1140. The summed E-state index contributed by atoms with van der Waals surface area (Å²) in [5.74, 6) is 0.841. The fourth-order valence-corrected chi connectivity index (χ4v) is 4.95. The van der Waals surface area contributed by atoms with Crippen LogP contribution in [0, 0.1) is 5.92 Å². The van der Waals surface area contributed by atoms with E-state index in [1.165, 1.54) is 5.56 Å². The Morgan fingerprint density at radius 2 is 1.76 bits per heavy atom. The topological polar surface area (TPSA) is 66.7 Å². The second kappa shape index (κ2) is 14.1. The number of imidazole rings is 1. The first-order valence-electron chi connectivity index (χ1n) is 13.8. The van der Waals surface area contributed by atoms with Crippen LogP contribution in [0.5, 0.6) is 0 Å². The van der Waals surface area contributed by atoms with Crippen molar-refractivity contribution in [2.75, 3.05) is 19.6 Å². The summed E-state index contributed by atoms with van der Waals surface area (Å²) in [6.45, 7) is 13.6. The molecule has 200 valence electrons. The first kappa shape index (κ1) is 28.6. The molecule has 3 aromatic rings. The van der Waals surface area contributed by atoms with E-state index in [-0.39, 0.29) is 17.6 Å². The number of rotatable bonds is 15. The third kappa shape index (κ3) is 8.53. The summed E-state index contributed by atoms with van der Waals surface area (Å²) in [5, 5.41) is 3.14. The number of Topliss-reactive ketones (excluding diaryl/α,β-unsaturated/α-hetero) is 1. The maximum atomic E-state index is 13.2. The first-order chi connectivity index (χ1) is 17.8. The van der Waals surface area contributed by atoms with E-state index in [9.17, 15) is 9.59 Å². The van der Waals surface area contributed by atoms with E-state index >= 15 is 0 Å². The van der Waals surface area contributed by atoms with Crippen LogP contribution in [0.2, 0.25) is 0 Å². The molecule has 1 N–H and O–H groups in total. The number of nitrogens with zero attached hydrogens (tertiary/aromatic N) is 3. The second-order valence-corrected chi connectivity index (χ2v) is 10.8. The molecule has 0 radical (unpaired) electrons. The van der Waals surface area contributed by atoms with Gasteiger partial charge in [-0.15, -0.1) is 0 Å². The average molecular weight is 505 g/mol. The van der Waals surface area contributed by atoms with Crippen LogP contribution in [-0.4, -0.2) is 51.7 Å². The fraction of sp³-hybridized carbons (Fsp3) is 0.516. The quantitative estimate of drug-likeness (QED) is 0.280. The van der Waals surface area contributed by atoms with E-state index in [0.717, 1.165) is 32.4 Å². The van der Waals surface area contributed by atoms with Gasteiger partial charge in [0.15, 0.2) is 0 Å². The van der Waals surface area contributed by atoms with Gasteiger partial charge in [-0.3, -0.25) is 14.0 Å². The van der Waals surface area contributed by atoms with Crippen LogP contribution in [0.25, 0.3) is 5.65 Å². The van der Waals surface area contributed by atoms with Gasteiger partial charge in [-0.2, -0.15) is 0 Å². The Labute approximate surface area is 222 Å². The Morgan fingerprint density at radius 1 is 1.00 bits per heavy atom. The number of amides is 1. The zero-order valence-corrected chi connectivity index (χ0v) is 23.2. The molecule has 0 aliphatic carbocycles. The summed E-state index contributed by atoms with van der Waals surface area (Å²) >= 11 is 0. The molecule has 2 aromatic heterocycles. The Kier molecular flexibility index (Phi) is 10.9. The molecule has 1 aromatic carbocycles. The Balaban J connectivity index is 1.62. The number of fused-ring (bicyclic) bond motifs is 1. The first-order valence-corrected chi connectivity index (χ1v) is 13.8. The molecule has 1 unspecified atom stereocenters. The monoisotopic (exact) mass is 504 g/mol. The summed E-state index contributed by atoms with van der Waals surface area (Å²) in [5.41, 5.74) is 3.17. The molecule has 0 aliphatic rings. The van der Waals surface area contributed by atoms with Crippen molar-refractivity contribution >= 4 is 17.3 Å². The molecule has 37 heavy (non-hydrogen) atoms. The van der Waals surface area contributed by atoms with E-state index in [1.54, 1.807) is 4.40 Å². The number of carbonyl (C=O) groups excluding carboxylic acids is 2. The van der Waals surface area contributed by atoms with Gasteiger partial charge in [0.05, 0.1) is 12.1 Å². The van der Waals surface area contributed by atoms with Crippen molar-refractivity contribution in [2.24, 2.45) is 5.92 Å². The van der Waals surface area contributed by atoms with Crippen LogP contribution in [0.4, 0.5) is 0 Å². The minimum atomic E-state index is -0.129. The van der Waals surface area contributed by atoms with E-state index in [1.807, 2.05) is 42.6 Å². The molecule has 6 heteroatoms. The van der Waals surface area contributed by atoms with Crippen LogP contribution in [0.1, 0.15) is 88.0 Å². The van der Waals surface area contributed by atoms with Crippen molar-refractivity contribution in [2.45, 2.75) is 78.7 Å². The summed E-state index contributed by atoms with van der Waals surface area (Å²) in [6.07, 6.45) is 5.65. The summed E-state index contributed by atoms with van der Waals surface area (Å²) < 4.78 is 1.81. The van der Waals surface area contributed by atoms with Crippen molar-refractivity contribution in [1.29, 1.82) is 0 Å². The third-order valence-electron chi connectivity index (χ3n) is 6.83. The van der Waals surface area contributed by atoms with Gasteiger partial charge in [0, 0.05) is 31.1 Å². The molecule has 6 nitrogen and oxygen atoms in total. The molecular formula is C31H44N4O2. The van der Waals surface area contributed by atoms with Gasteiger partial charge in [-0.1, -0.05) is 57.2 Å². The lowest BCUT2D eigenvalue weighted by Gasteiger charge is -2.25. The molecular weight excluding hydrogens is 460 g/mol. The number of hydrogen-bond donors (Lipinski definition) is 1. The van der Waals surface area contributed by atoms with Crippen LogP contribution >= 0.6 is 0 Å². The Hall–Kier alpha value is -2.99. The van der Waals surface area contributed by atoms with Gasteiger partial charge in [-0.25, -0.2) is 4.98 Å². The molecule has 0 saturated carbocycles. The van der Waals surface area contributed by atoms with Gasteiger partial charge in [-0.05, 0) is 69.8 Å². The summed E-state index contributed by atoms with van der Waals surface area (Å²) in [6, 6.07) is 16.4. The van der Waals surface area contributed by atoms with Crippen molar-refractivity contribution in [3.8, 4) is 0 Å². The summed E-state index contributed by atoms with van der Waals surface area (Å²) in [7, 11) is 0. The zero-order chi connectivity index (χ0) is 26.8. The molecule has 0 spiro atoms. The maximum absolute atomic E-state index is 13.2. The molecule has 1 amide bonds. The van der Waals surface area contributed by atoms with Gasteiger partial charge in [0.25, 0.3) is 5.91 Å². The average Bonchev–Trinajstić information content (AvgIpc) is 3.28. The molecule has 0 fully saturated rings. The highest BCUT2D eigenvalue weighted by Crippen LogP contribution is 2.23. The molecule has 0 saturated heterocycles. The van der Waals surface area contributed by atoms with Crippen molar-refractivity contribution in [3.63, 3.8) is 0 Å². The van der Waals surface area contributed by atoms with Crippen LogP contribution < -0.4 is 5.32 Å². The zero-order valence-electron chi connectivity index (χ0n) is 23.2. The normalized spacial score (nSPS) is 12.5. The molecule has 1 atom stereocenters. The number of carbonyl (C=O) groups is 2. The smallest absolute Gasteiger partial charge is 0.268 e. The number of benzene rings is 1. The predicted octanol–water partition coefficient (Wildman–Crippen LogP) is 5.91. The van der Waals surface area contributed by atoms with E-state index in [0.29, 0.717) is 48.4 Å². The number of hydrogen-bond acceptors (Lipinski definition) is 4. The lowest BCUT2D eigenvalue weighted by molar-refractivity contribution is -0.118. The predicted molar refractivity (Wildman–Crippen MR) is 151 cm³/mol. The molecule has 3 rings (SSSR count). The van der Waals surface area contributed by atoms with Gasteiger partial charge in [0.1, 0.15) is 17.1 Å². The van der Waals surface area contributed by atoms with Crippen molar-refractivity contribution in [3.05, 3.63) is 71.7 Å². The SMILES string of the molecule is CCCN(CCCC(=O)Cc1cn2c(C(=O)NCC(CC(C)C)c3ccccc3)cccc2n1)C(C)C. The molecule has 0 bridgehead atoms. The van der Waals surface area contributed by atoms with Gasteiger partial charge >= 0.3 is 0 Å². The van der Waals surface area contributed by atoms with Crippen molar-refractivity contribution < 1.29 is 9.59 Å². The van der Waals surface area contributed by atoms with E-state index in [2.05, 4.69) is 62.0 Å².